The number of nitrogens with zero attached hydrogens (tertiary/aromatic N) is 3. The fourth-order valence-electron chi connectivity index (χ4n) is 2.43. The summed E-state index contributed by atoms with van der Waals surface area (Å²) in [6, 6.07) is 9.81. The number of aryl methyl sites for hydroxylation is 1. The van der Waals surface area contributed by atoms with Crippen molar-refractivity contribution in [1.82, 2.24) is 19.9 Å². The van der Waals surface area contributed by atoms with Crippen molar-refractivity contribution >= 4 is 27.4 Å². The third-order valence-electron chi connectivity index (χ3n) is 4.01. The number of sulfonamides is 1. The van der Waals surface area contributed by atoms with Gasteiger partial charge in [0.05, 0.1) is 22.2 Å². The predicted molar refractivity (Wildman–Crippen MR) is 104 cm³/mol. The average Bonchev–Trinajstić information content (AvgIpc) is 2.73. The lowest BCUT2D eigenvalue weighted by atomic mass is 10.1. The van der Waals surface area contributed by atoms with E-state index in [1.165, 1.54) is 12.1 Å². The first kappa shape index (κ1) is 21.0. The molecule has 0 aliphatic carbocycles. The molecule has 0 amide bonds. The number of Topliss-reactive ketones (excluding diaryl/α,β-unsaturated/α-hetero) is 1. The van der Waals surface area contributed by atoms with Crippen LogP contribution in [0.3, 0.4) is 0 Å². The molecular weight excluding hydrogens is 419 g/mol. The Labute approximate surface area is 172 Å². The molecule has 0 aliphatic rings. The van der Waals surface area contributed by atoms with Crippen LogP contribution < -0.4 is 4.72 Å². The van der Waals surface area contributed by atoms with E-state index in [2.05, 4.69) is 19.9 Å². The number of aromatic nitrogens is 3. The van der Waals surface area contributed by atoms with Crippen LogP contribution in [0.5, 0.6) is 0 Å². The molecule has 3 rings (SSSR count). The van der Waals surface area contributed by atoms with Gasteiger partial charge >= 0.3 is 0 Å². The van der Waals surface area contributed by atoms with Gasteiger partial charge in [-0.2, -0.15) is 5.10 Å². The highest BCUT2D eigenvalue weighted by molar-refractivity contribution is 7.89. The van der Waals surface area contributed by atoms with E-state index in [4.69, 9.17) is 11.6 Å². The maximum absolute atomic E-state index is 13.2. The largest absolute Gasteiger partial charge is 0.292 e. The maximum Gasteiger partial charge on any atom is 0.240 e. The van der Waals surface area contributed by atoms with Crippen molar-refractivity contribution in [3.8, 4) is 0 Å². The molecule has 0 saturated heterocycles. The molecule has 0 spiro atoms. The van der Waals surface area contributed by atoms with Crippen molar-refractivity contribution in [3.05, 3.63) is 82.6 Å². The molecular formula is C19H16ClFN4O3S. The van der Waals surface area contributed by atoms with Gasteiger partial charge in [-0.05, 0) is 48.4 Å². The van der Waals surface area contributed by atoms with Crippen molar-refractivity contribution in [2.24, 2.45) is 0 Å². The maximum atomic E-state index is 13.2. The summed E-state index contributed by atoms with van der Waals surface area (Å²) in [5, 5.41) is 7.47. The monoisotopic (exact) mass is 434 g/mol. The number of rotatable bonds is 8. The number of hydrogen-bond donors (Lipinski definition) is 1. The van der Waals surface area contributed by atoms with Gasteiger partial charge in [0.2, 0.25) is 10.0 Å². The highest BCUT2D eigenvalue weighted by Crippen LogP contribution is 2.19. The molecule has 0 bridgehead atoms. The minimum absolute atomic E-state index is 0.144. The van der Waals surface area contributed by atoms with Crippen LogP contribution in [-0.4, -0.2) is 29.4 Å². The van der Waals surface area contributed by atoms with E-state index in [1.54, 1.807) is 18.5 Å². The van der Waals surface area contributed by atoms with E-state index >= 15 is 0 Å². The first-order valence-electron chi connectivity index (χ1n) is 8.54. The Morgan fingerprint density at radius 2 is 1.97 bits per heavy atom. The Hall–Kier alpha value is -2.75. The lowest BCUT2D eigenvalue weighted by Crippen LogP contribution is -2.24. The Balaban J connectivity index is 1.58. The number of pyridine rings is 1. The highest BCUT2D eigenvalue weighted by Gasteiger charge is 2.16. The fourth-order valence-corrected chi connectivity index (χ4v) is 3.70. The number of nitrogens with one attached hydrogen (secondary N) is 1. The molecule has 7 nitrogen and oxygen atoms in total. The van der Waals surface area contributed by atoms with Crippen LogP contribution in [0.4, 0.5) is 4.39 Å². The second-order valence-corrected chi connectivity index (χ2v) is 8.27. The Bertz CT molecular complexity index is 1110. The normalized spacial score (nSPS) is 11.4. The molecule has 1 N–H and O–H groups in total. The molecule has 150 valence electrons. The van der Waals surface area contributed by atoms with E-state index in [-0.39, 0.29) is 34.4 Å². The summed E-state index contributed by atoms with van der Waals surface area (Å²) in [6.45, 7) is -0.144. The Kier molecular flexibility index (Phi) is 6.63. The van der Waals surface area contributed by atoms with Crippen LogP contribution in [0.25, 0.3) is 0 Å². The molecule has 0 radical (unpaired) electrons. The molecule has 0 saturated carbocycles. The van der Waals surface area contributed by atoms with Gasteiger partial charge in [0, 0.05) is 18.8 Å². The molecule has 0 aliphatic heterocycles. The minimum atomic E-state index is -3.91. The summed E-state index contributed by atoms with van der Waals surface area (Å²) in [5.74, 6) is -0.880. The summed E-state index contributed by atoms with van der Waals surface area (Å²) in [5.41, 5.74) is 1.47. The minimum Gasteiger partial charge on any atom is -0.292 e. The van der Waals surface area contributed by atoms with Crippen molar-refractivity contribution in [1.29, 1.82) is 0 Å². The van der Waals surface area contributed by atoms with Gasteiger partial charge in [-0.25, -0.2) is 17.5 Å². The van der Waals surface area contributed by atoms with Crippen molar-refractivity contribution < 1.29 is 17.6 Å². The van der Waals surface area contributed by atoms with Crippen LogP contribution >= 0.6 is 11.6 Å². The Morgan fingerprint density at radius 1 is 1.14 bits per heavy atom. The topological polar surface area (TPSA) is 102 Å². The summed E-state index contributed by atoms with van der Waals surface area (Å²) < 4.78 is 40.1. The smallest absolute Gasteiger partial charge is 0.240 e. The quantitative estimate of drug-likeness (QED) is 0.547. The standard InChI is InChI=1S/C19H16ClFN4O3S/c20-16-10-15(5-6-17(16)21)29(27,28)23-12-14-4-7-18(25-24-14)19(26)8-3-13-2-1-9-22-11-13/h1-2,4-7,9-11,23H,3,8,12H2. The number of benzene rings is 1. The summed E-state index contributed by atoms with van der Waals surface area (Å²) in [4.78, 5) is 16.0. The van der Waals surface area contributed by atoms with Gasteiger partial charge in [-0.1, -0.05) is 17.7 Å². The van der Waals surface area contributed by atoms with Crippen LogP contribution in [0.2, 0.25) is 5.02 Å². The molecule has 29 heavy (non-hydrogen) atoms. The van der Waals surface area contributed by atoms with E-state index in [0.29, 0.717) is 12.1 Å². The molecule has 1 aromatic carbocycles. The second kappa shape index (κ2) is 9.17. The molecule has 2 heterocycles. The average molecular weight is 435 g/mol. The van der Waals surface area contributed by atoms with E-state index in [1.807, 2.05) is 6.07 Å². The van der Waals surface area contributed by atoms with Crippen LogP contribution in [-0.2, 0) is 23.0 Å². The van der Waals surface area contributed by atoms with E-state index in [9.17, 15) is 17.6 Å². The van der Waals surface area contributed by atoms with Crippen molar-refractivity contribution in [2.75, 3.05) is 0 Å². The molecule has 10 heteroatoms. The summed E-state index contributed by atoms with van der Waals surface area (Å²) in [6.07, 6.45) is 4.16. The van der Waals surface area contributed by atoms with Gasteiger partial charge in [-0.3, -0.25) is 9.78 Å². The van der Waals surface area contributed by atoms with Gasteiger partial charge in [0.1, 0.15) is 11.5 Å². The van der Waals surface area contributed by atoms with Crippen LogP contribution in [0.1, 0.15) is 28.2 Å². The molecule has 2 aromatic heterocycles. The molecule has 0 unspecified atom stereocenters. The van der Waals surface area contributed by atoms with Crippen molar-refractivity contribution in [2.45, 2.75) is 24.3 Å². The highest BCUT2D eigenvalue weighted by atomic mass is 35.5. The summed E-state index contributed by atoms with van der Waals surface area (Å²) in [7, 11) is -3.91. The lowest BCUT2D eigenvalue weighted by molar-refractivity contribution is 0.0977. The van der Waals surface area contributed by atoms with Crippen LogP contribution in [0, 0.1) is 5.82 Å². The van der Waals surface area contributed by atoms with Crippen molar-refractivity contribution in [3.63, 3.8) is 0 Å². The number of halogens is 2. The zero-order valence-electron chi connectivity index (χ0n) is 15.0. The van der Waals surface area contributed by atoms with E-state index < -0.39 is 15.8 Å². The SMILES string of the molecule is O=C(CCc1cccnc1)c1ccc(CNS(=O)(=O)c2ccc(F)c(Cl)c2)nn1. The second-order valence-electron chi connectivity index (χ2n) is 6.09. The zero-order chi connectivity index (χ0) is 20.9. The number of carbonyl (C=O) groups is 1. The number of ketones is 1. The fraction of sp³-hybridized carbons (Fsp3) is 0.158. The first-order valence-corrected chi connectivity index (χ1v) is 10.4. The number of hydrogen-bond acceptors (Lipinski definition) is 6. The first-order chi connectivity index (χ1) is 13.8. The number of carbonyl (C=O) groups excluding carboxylic acids is 1. The van der Waals surface area contributed by atoms with Gasteiger partial charge in [0.25, 0.3) is 0 Å². The Morgan fingerprint density at radius 3 is 2.62 bits per heavy atom. The van der Waals surface area contributed by atoms with E-state index in [0.717, 1.165) is 23.8 Å². The summed E-state index contributed by atoms with van der Waals surface area (Å²) >= 11 is 5.62. The lowest BCUT2D eigenvalue weighted by Gasteiger charge is -2.07. The third-order valence-corrected chi connectivity index (χ3v) is 5.70. The van der Waals surface area contributed by atoms with Gasteiger partial charge in [-0.15, -0.1) is 5.10 Å². The van der Waals surface area contributed by atoms with Crippen LogP contribution in [0.15, 0.2) is 59.8 Å². The van der Waals surface area contributed by atoms with Gasteiger partial charge in [0.15, 0.2) is 5.78 Å². The zero-order valence-corrected chi connectivity index (χ0v) is 16.6. The van der Waals surface area contributed by atoms with Gasteiger partial charge < -0.3 is 0 Å². The predicted octanol–water partition coefficient (Wildman–Crippen LogP) is 2.96. The molecule has 3 aromatic rings. The third kappa shape index (κ3) is 5.63. The molecule has 0 atom stereocenters. The molecule has 0 fully saturated rings.